The fraction of sp³-hybridized carbons (Fsp3) is 0.167. The van der Waals surface area contributed by atoms with Crippen molar-refractivity contribution in [3.63, 3.8) is 0 Å². The van der Waals surface area contributed by atoms with Crippen LogP contribution in [0.25, 0.3) is 5.82 Å². The molecule has 2 heterocycles. The van der Waals surface area contributed by atoms with Gasteiger partial charge in [0.05, 0.1) is 5.56 Å². The van der Waals surface area contributed by atoms with Gasteiger partial charge in [0, 0.05) is 25.1 Å². The average Bonchev–Trinajstić information content (AvgIpc) is 3.17. The van der Waals surface area contributed by atoms with E-state index in [1.165, 1.54) is 18.3 Å². The van der Waals surface area contributed by atoms with Gasteiger partial charge in [-0.25, -0.2) is 9.97 Å². The molecule has 0 spiro atoms. The van der Waals surface area contributed by atoms with Crippen molar-refractivity contribution in [1.29, 1.82) is 0 Å². The zero-order valence-electron chi connectivity index (χ0n) is 13.7. The number of nitrogens with zero attached hydrogens (tertiary/aromatic N) is 3. The number of ether oxygens (including phenoxy) is 1. The summed E-state index contributed by atoms with van der Waals surface area (Å²) in [4.78, 5) is 20.3. The molecular weight excluding hydrogens is 342 g/mol. The highest BCUT2D eigenvalue weighted by molar-refractivity contribution is 5.93. The third-order valence-electron chi connectivity index (χ3n) is 3.63. The molecule has 0 atom stereocenters. The van der Waals surface area contributed by atoms with Crippen LogP contribution in [0.2, 0.25) is 0 Å². The zero-order chi connectivity index (χ0) is 18.4. The number of imidazole rings is 1. The lowest BCUT2D eigenvalue weighted by Gasteiger charge is -2.08. The van der Waals surface area contributed by atoms with Gasteiger partial charge < -0.3 is 10.1 Å². The van der Waals surface area contributed by atoms with Crippen LogP contribution < -0.4 is 10.1 Å². The van der Waals surface area contributed by atoms with E-state index in [9.17, 15) is 13.6 Å². The second-order valence-corrected chi connectivity index (χ2v) is 5.40. The van der Waals surface area contributed by atoms with E-state index in [1.54, 1.807) is 47.6 Å². The summed E-state index contributed by atoms with van der Waals surface area (Å²) in [5.74, 6) is 0.550. The van der Waals surface area contributed by atoms with Crippen LogP contribution in [0.15, 0.2) is 61.3 Å². The molecule has 3 aromatic rings. The standard InChI is InChI=1S/C18H16F2N4O2/c19-18(20)26-15-4-1-13(2-5-15)7-8-22-17(25)14-3-6-16(23-11-14)24-10-9-21-12-24/h1-6,9-12,18H,7-8H2,(H,22,25). The molecule has 1 aromatic carbocycles. The summed E-state index contributed by atoms with van der Waals surface area (Å²) < 4.78 is 30.2. The monoisotopic (exact) mass is 358 g/mol. The highest BCUT2D eigenvalue weighted by atomic mass is 19.3. The van der Waals surface area contributed by atoms with E-state index in [-0.39, 0.29) is 11.7 Å². The second kappa shape index (κ2) is 8.19. The van der Waals surface area contributed by atoms with Gasteiger partial charge in [-0.15, -0.1) is 0 Å². The Morgan fingerprint density at radius 1 is 1.19 bits per heavy atom. The third kappa shape index (κ3) is 4.62. The Balaban J connectivity index is 1.49. The first-order valence-electron chi connectivity index (χ1n) is 7.88. The summed E-state index contributed by atoms with van der Waals surface area (Å²) in [6.45, 7) is -2.43. The van der Waals surface area contributed by atoms with Gasteiger partial charge in [0.15, 0.2) is 0 Å². The second-order valence-electron chi connectivity index (χ2n) is 5.40. The van der Waals surface area contributed by atoms with Gasteiger partial charge in [0.1, 0.15) is 17.9 Å². The molecule has 1 amide bonds. The number of aromatic nitrogens is 3. The number of halogens is 2. The number of hydrogen-bond donors (Lipinski definition) is 1. The fourth-order valence-corrected chi connectivity index (χ4v) is 2.33. The molecule has 6 nitrogen and oxygen atoms in total. The number of benzene rings is 1. The Morgan fingerprint density at radius 2 is 2.00 bits per heavy atom. The normalized spacial score (nSPS) is 10.7. The number of alkyl halides is 2. The van der Waals surface area contributed by atoms with Crippen LogP contribution in [0.5, 0.6) is 5.75 Å². The van der Waals surface area contributed by atoms with Gasteiger partial charge in [0.25, 0.3) is 5.91 Å². The van der Waals surface area contributed by atoms with E-state index in [1.807, 2.05) is 0 Å². The Bertz CT molecular complexity index is 835. The van der Waals surface area contributed by atoms with Crippen molar-refractivity contribution in [2.75, 3.05) is 6.54 Å². The summed E-state index contributed by atoms with van der Waals surface area (Å²) in [6, 6.07) is 9.74. The van der Waals surface area contributed by atoms with Crippen LogP contribution in [0.4, 0.5) is 8.78 Å². The lowest BCUT2D eigenvalue weighted by Crippen LogP contribution is -2.25. The van der Waals surface area contributed by atoms with Crippen LogP contribution in [0, 0.1) is 0 Å². The molecule has 0 unspecified atom stereocenters. The topological polar surface area (TPSA) is 69.0 Å². The molecular formula is C18H16F2N4O2. The van der Waals surface area contributed by atoms with Crippen LogP contribution in [0.1, 0.15) is 15.9 Å². The largest absolute Gasteiger partial charge is 0.435 e. The van der Waals surface area contributed by atoms with Crippen molar-refractivity contribution in [2.45, 2.75) is 13.0 Å². The molecule has 0 saturated carbocycles. The first-order valence-corrected chi connectivity index (χ1v) is 7.88. The molecule has 0 fully saturated rings. The lowest BCUT2D eigenvalue weighted by atomic mass is 10.1. The maximum Gasteiger partial charge on any atom is 0.387 e. The van der Waals surface area contributed by atoms with E-state index in [0.717, 1.165) is 5.56 Å². The Hall–Kier alpha value is -3.29. The molecule has 0 aliphatic carbocycles. The number of rotatable bonds is 7. The van der Waals surface area contributed by atoms with Crippen molar-refractivity contribution in [3.8, 4) is 11.6 Å². The summed E-state index contributed by atoms with van der Waals surface area (Å²) in [7, 11) is 0. The number of carbonyl (C=O) groups excluding carboxylic acids is 1. The van der Waals surface area contributed by atoms with Gasteiger partial charge >= 0.3 is 6.61 Å². The number of hydrogen-bond acceptors (Lipinski definition) is 4. The first kappa shape index (κ1) is 17.5. The summed E-state index contributed by atoms with van der Waals surface area (Å²) >= 11 is 0. The molecule has 0 bridgehead atoms. The molecule has 0 saturated heterocycles. The Labute approximate surface area is 148 Å². The molecule has 0 aliphatic heterocycles. The average molecular weight is 358 g/mol. The predicted octanol–water partition coefficient (Wildman–Crippen LogP) is 2.84. The number of nitrogens with one attached hydrogen (secondary N) is 1. The maximum absolute atomic E-state index is 12.1. The van der Waals surface area contributed by atoms with Crippen molar-refractivity contribution < 1.29 is 18.3 Å². The Morgan fingerprint density at radius 3 is 2.62 bits per heavy atom. The highest BCUT2D eigenvalue weighted by Crippen LogP contribution is 2.15. The van der Waals surface area contributed by atoms with Crippen LogP contribution in [-0.2, 0) is 6.42 Å². The van der Waals surface area contributed by atoms with E-state index in [4.69, 9.17) is 0 Å². The molecule has 134 valence electrons. The van der Waals surface area contributed by atoms with E-state index < -0.39 is 6.61 Å². The first-order chi connectivity index (χ1) is 12.6. The molecule has 3 rings (SSSR count). The molecule has 8 heteroatoms. The number of amides is 1. The van der Waals surface area contributed by atoms with Gasteiger partial charge in [-0.3, -0.25) is 9.36 Å². The van der Waals surface area contributed by atoms with E-state index >= 15 is 0 Å². The summed E-state index contributed by atoms with van der Waals surface area (Å²) in [5, 5.41) is 2.80. The summed E-state index contributed by atoms with van der Waals surface area (Å²) in [6.07, 6.45) is 7.11. The van der Waals surface area contributed by atoms with Crippen molar-refractivity contribution in [2.24, 2.45) is 0 Å². The van der Waals surface area contributed by atoms with Gasteiger partial charge in [-0.2, -0.15) is 8.78 Å². The molecule has 0 radical (unpaired) electrons. The number of carbonyl (C=O) groups is 1. The molecule has 2 aromatic heterocycles. The SMILES string of the molecule is O=C(NCCc1ccc(OC(F)F)cc1)c1ccc(-n2ccnc2)nc1. The van der Waals surface area contributed by atoms with Gasteiger partial charge in [0.2, 0.25) is 0 Å². The lowest BCUT2D eigenvalue weighted by molar-refractivity contribution is -0.0498. The highest BCUT2D eigenvalue weighted by Gasteiger charge is 2.07. The molecule has 1 N–H and O–H groups in total. The van der Waals surface area contributed by atoms with Crippen LogP contribution in [0.3, 0.4) is 0 Å². The minimum absolute atomic E-state index is 0.108. The van der Waals surface area contributed by atoms with Crippen LogP contribution in [-0.4, -0.2) is 33.6 Å². The van der Waals surface area contributed by atoms with Gasteiger partial charge in [-0.1, -0.05) is 12.1 Å². The molecule has 0 aliphatic rings. The van der Waals surface area contributed by atoms with Crippen molar-refractivity contribution in [1.82, 2.24) is 19.9 Å². The summed E-state index contributed by atoms with van der Waals surface area (Å²) in [5.41, 5.74) is 1.36. The predicted molar refractivity (Wildman–Crippen MR) is 90.5 cm³/mol. The van der Waals surface area contributed by atoms with E-state index in [2.05, 4.69) is 20.0 Å². The maximum atomic E-state index is 12.1. The van der Waals surface area contributed by atoms with E-state index in [0.29, 0.717) is 24.3 Å². The minimum atomic E-state index is -2.84. The number of pyridine rings is 1. The van der Waals surface area contributed by atoms with Crippen molar-refractivity contribution >= 4 is 5.91 Å². The quantitative estimate of drug-likeness (QED) is 0.705. The third-order valence-corrected chi connectivity index (χ3v) is 3.63. The Kier molecular flexibility index (Phi) is 5.52. The van der Waals surface area contributed by atoms with Gasteiger partial charge in [-0.05, 0) is 36.2 Å². The van der Waals surface area contributed by atoms with Crippen molar-refractivity contribution in [3.05, 3.63) is 72.4 Å². The zero-order valence-corrected chi connectivity index (χ0v) is 13.7. The van der Waals surface area contributed by atoms with Crippen LogP contribution >= 0.6 is 0 Å². The molecule has 26 heavy (non-hydrogen) atoms. The minimum Gasteiger partial charge on any atom is -0.435 e. The smallest absolute Gasteiger partial charge is 0.387 e. The fourth-order valence-electron chi connectivity index (χ4n) is 2.33.